The van der Waals surface area contributed by atoms with Gasteiger partial charge in [0, 0.05) is 25.0 Å². The van der Waals surface area contributed by atoms with Crippen molar-refractivity contribution in [2.45, 2.75) is 70.9 Å². The van der Waals surface area contributed by atoms with E-state index < -0.39 is 0 Å². The lowest BCUT2D eigenvalue weighted by Gasteiger charge is -2.24. The number of hydrogen-bond donors (Lipinski definition) is 1. The SMILES string of the molecule is CCC(CC)NC(=O)[C@H]1CC(=O)N(C2CCCC2)C1. The first-order valence-electron chi connectivity index (χ1n) is 7.75. The fraction of sp³-hybridized carbons (Fsp3) is 0.867. The first-order valence-corrected chi connectivity index (χ1v) is 7.75. The van der Waals surface area contributed by atoms with Crippen LogP contribution in [0.15, 0.2) is 0 Å². The van der Waals surface area contributed by atoms with E-state index in [4.69, 9.17) is 0 Å². The minimum absolute atomic E-state index is 0.0718. The van der Waals surface area contributed by atoms with Gasteiger partial charge in [0.2, 0.25) is 11.8 Å². The van der Waals surface area contributed by atoms with Crippen molar-refractivity contribution < 1.29 is 9.59 Å². The Morgan fingerprint density at radius 1 is 1.32 bits per heavy atom. The van der Waals surface area contributed by atoms with E-state index in [1.165, 1.54) is 12.8 Å². The molecule has 1 aliphatic carbocycles. The summed E-state index contributed by atoms with van der Waals surface area (Å²) in [5.41, 5.74) is 0. The van der Waals surface area contributed by atoms with Gasteiger partial charge in [-0.1, -0.05) is 26.7 Å². The van der Waals surface area contributed by atoms with Gasteiger partial charge in [-0.2, -0.15) is 0 Å². The van der Waals surface area contributed by atoms with Crippen molar-refractivity contribution in [3.05, 3.63) is 0 Å². The predicted molar refractivity (Wildman–Crippen MR) is 74.6 cm³/mol. The number of amides is 2. The standard InChI is InChI=1S/C15H26N2O2/c1-3-12(4-2)16-15(19)11-9-14(18)17(10-11)13-7-5-6-8-13/h11-13H,3-10H2,1-2H3,(H,16,19)/t11-/m0/s1. The van der Waals surface area contributed by atoms with E-state index >= 15 is 0 Å². The van der Waals surface area contributed by atoms with Crippen molar-refractivity contribution in [2.75, 3.05) is 6.54 Å². The third-order valence-corrected chi connectivity index (χ3v) is 4.63. The molecule has 0 aromatic carbocycles. The highest BCUT2D eigenvalue weighted by Gasteiger charge is 2.38. The Kier molecular flexibility index (Phi) is 4.83. The summed E-state index contributed by atoms with van der Waals surface area (Å²) in [5, 5.41) is 3.07. The van der Waals surface area contributed by atoms with Gasteiger partial charge in [0.15, 0.2) is 0 Å². The second-order valence-corrected chi connectivity index (χ2v) is 5.91. The summed E-state index contributed by atoms with van der Waals surface area (Å²) in [5.74, 6) is 0.118. The van der Waals surface area contributed by atoms with Gasteiger partial charge >= 0.3 is 0 Å². The summed E-state index contributed by atoms with van der Waals surface area (Å²) in [6.07, 6.45) is 6.99. The van der Waals surface area contributed by atoms with Crippen LogP contribution < -0.4 is 5.32 Å². The lowest BCUT2D eigenvalue weighted by molar-refractivity contribution is -0.130. The Balaban J connectivity index is 1.89. The van der Waals surface area contributed by atoms with E-state index in [1.54, 1.807) is 0 Å². The molecule has 0 unspecified atom stereocenters. The van der Waals surface area contributed by atoms with E-state index in [9.17, 15) is 9.59 Å². The van der Waals surface area contributed by atoms with Gasteiger partial charge < -0.3 is 10.2 Å². The van der Waals surface area contributed by atoms with Crippen LogP contribution >= 0.6 is 0 Å². The molecule has 0 aromatic rings. The molecule has 1 saturated carbocycles. The minimum atomic E-state index is -0.131. The molecule has 2 fully saturated rings. The molecule has 1 saturated heterocycles. The monoisotopic (exact) mass is 266 g/mol. The minimum Gasteiger partial charge on any atom is -0.353 e. The molecule has 2 amide bonds. The van der Waals surface area contributed by atoms with Crippen molar-refractivity contribution in [3.8, 4) is 0 Å². The zero-order chi connectivity index (χ0) is 13.8. The van der Waals surface area contributed by atoms with Gasteiger partial charge in [0.1, 0.15) is 0 Å². The zero-order valence-electron chi connectivity index (χ0n) is 12.2. The second kappa shape index (κ2) is 6.40. The van der Waals surface area contributed by atoms with Gasteiger partial charge in [-0.25, -0.2) is 0 Å². The number of carbonyl (C=O) groups excluding carboxylic acids is 2. The van der Waals surface area contributed by atoms with E-state index in [0.717, 1.165) is 25.7 Å². The molecule has 0 bridgehead atoms. The molecule has 0 spiro atoms. The largest absolute Gasteiger partial charge is 0.353 e. The average Bonchev–Trinajstić information content (AvgIpc) is 3.04. The molecular formula is C15H26N2O2. The van der Waals surface area contributed by atoms with Crippen LogP contribution in [0.2, 0.25) is 0 Å². The van der Waals surface area contributed by atoms with Gasteiger partial charge in [0.05, 0.1) is 5.92 Å². The summed E-state index contributed by atoms with van der Waals surface area (Å²) < 4.78 is 0. The molecule has 1 aliphatic heterocycles. The molecule has 108 valence electrons. The van der Waals surface area contributed by atoms with Crippen LogP contribution in [-0.4, -0.2) is 35.3 Å². The lowest BCUT2D eigenvalue weighted by Crippen LogP contribution is -2.40. The molecule has 2 aliphatic rings. The molecule has 4 nitrogen and oxygen atoms in total. The second-order valence-electron chi connectivity index (χ2n) is 5.91. The van der Waals surface area contributed by atoms with Crippen molar-refractivity contribution in [3.63, 3.8) is 0 Å². The Labute approximate surface area is 115 Å². The molecule has 1 heterocycles. The highest BCUT2D eigenvalue weighted by atomic mass is 16.2. The zero-order valence-corrected chi connectivity index (χ0v) is 12.2. The van der Waals surface area contributed by atoms with E-state index in [-0.39, 0.29) is 23.8 Å². The van der Waals surface area contributed by atoms with Crippen LogP contribution in [0.5, 0.6) is 0 Å². The number of nitrogens with one attached hydrogen (secondary N) is 1. The molecule has 0 radical (unpaired) electrons. The number of carbonyl (C=O) groups is 2. The lowest BCUT2D eigenvalue weighted by atomic mass is 10.1. The molecule has 1 N–H and O–H groups in total. The quantitative estimate of drug-likeness (QED) is 0.828. The fourth-order valence-corrected chi connectivity index (χ4v) is 3.29. The Hall–Kier alpha value is -1.06. The van der Waals surface area contributed by atoms with Gasteiger partial charge in [-0.3, -0.25) is 9.59 Å². The summed E-state index contributed by atoms with van der Waals surface area (Å²) in [4.78, 5) is 26.2. The summed E-state index contributed by atoms with van der Waals surface area (Å²) in [6.45, 7) is 4.80. The Morgan fingerprint density at radius 2 is 1.95 bits per heavy atom. The van der Waals surface area contributed by atoms with E-state index in [2.05, 4.69) is 19.2 Å². The average molecular weight is 266 g/mol. The summed E-state index contributed by atoms with van der Waals surface area (Å²) in [7, 11) is 0. The van der Waals surface area contributed by atoms with Crippen LogP contribution in [0, 0.1) is 5.92 Å². The van der Waals surface area contributed by atoms with Crippen LogP contribution in [0.25, 0.3) is 0 Å². The Bertz CT molecular complexity index is 333. The number of rotatable bonds is 5. The topological polar surface area (TPSA) is 49.4 Å². The molecule has 4 heteroatoms. The third-order valence-electron chi connectivity index (χ3n) is 4.63. The molecule has 2 rings (SSSR count). The van der Waals surface area contributed by atoms with Crippen LogP contribution in [-0.2, 0) is 9.59 Å². The first kappa shape index (κ1) is 14.4. The molecule has 19 heavy (non-hydrogen) atoms. The van der Waals surface area contributed by atoms with Gasteiger partial charge in [0.25, 0.3) is 0 Å². The van der Waals surface area contributed by atoms with Crippen LogP contribution in [0.4, 0.5) is 0 Å². The number of nitrogens with zero attached hydrogens (tertiary/aromatic N) is 1. The van der Waals surface area contributed by atoms with Crippen molar-refractivity contribution in [2.24, 2.45) is 5.92 Å². The third kappa shape index (κ3) is 3.28. The fourth-order valence-electron chi connectivity index (χ4n) is 3.29. The maximum atomic E-state index is 12.2. The molecule has 0 aromatic heterocycles. The maximum Gasteiger partial charge on any atom is 0.225 e. The Morgan fingerprint density at radius 3 is 2.53 bits per heavy atom. The number of likely N-dealkylation sites (tertiary alicyclic amines) is 1. The molecule has 1 atom stereocenters. The highest BCUT2D eigenvalue weighted by Crippen LogP contribution is 2.29. The highest BCUT2D eigenvalue weighted by molar-refractivity contribution is 5.89. The predicted octanol–water partition coefficient (Wildman–Crippen LogP) is 2.08. The normalized spacial score (nSPS) is 24.5. The number of hydrogen-bond acceptors (Lipinski definition) is 2. The van der Waals surface area contributed by atoms with E-state index in [1.807, 2.05) is 4.90 Å². The van der Waals surface area contributed by atoms with Crippen molar-refractivity contribution >= 4 is 11.8 Å². The van der Waals surface area contributed by atoms with Gasteiger partial charge in [-0.05, 0) is 25.7 Å². The summed E-state index contributed by atoms with van der Waals surface area (Å²) >= 11 is 0. The van der Waals surface area contributed by atoms with Crippen LogP contribution in [0.1, 0.15) is 58.8 Å². The summed E-state index contributed by atoms with van der Waals surface area (Å²) in [6, 6.07) is 0.654. The maximum absolute atomic E-state index is 12.2. The molecular weight excluding hydrogens is 240 g/mol. The van der Waals surface area contributed by atoms with E-state index in [0.29, 0.717) is 19.0 Å². The smallest absolute Gasteiger partial charge is 0.225 e. The van der Waals surface area contributed by atoms with Gasteiger partial charge in [-0.15, -0.1) is 0 Å². The first-order chi connectivity index (χ1) is 9.15. The van der Waals surface area contributed by atoms with Crippen LogP contribution in [0.3, 0.4) is 0 Å². The van der Waals surface area contributed by atoms with Crippen molar-refractivity contribution in [1.82, 2.24) is 10.2 Å². The van der Waals surface area contributed by atoms with Crippen molar-refractivity contribution in [1.29, 1.82) is 0 Å².